The predicted molar refractivity (Wildman–Crippen MR) is 76.0 cm³/mol. The highest BCUT2D eigenvalue weighted by atomic mass is 19.1. The molecule has 0 spiro atoms. The number of hydrogen-bond donors (Lipinski definition) is 1. The minimum absolute atomic E-state index is 0.173. The second kappa shape index (κ2) is 7.03. The van der Waals surface area contributed by atoms with E-state index in [0.717, 1.165) is 11.3 Å². The summed E-state index contributed by atoms with van der Waals surface area (Å²) in [7, 11) is 1.60. The molecular formula is C16H18FNO2. The molecule has 2 aromatic rings. The number of rotatable bonds is 6. The Labute approximate surface area is 118 Å². The van der Waals surface area contributed by atoms with Gasteiger partial charge in [-0.25, -0.2) is 4.39 Å². The lowest BCUT2D eigenvalue weighted by Crippen LogP contribution is -2.17. The first-order chi connectivity index (χ1) is 9.76. The lowest BCUT2D eigenvalue weighted by atomic mass is 10.1. The summed E-state index contributed by atoms with van der Waals surface area (Å²) in [4.78, 5) is 0. The lowest BCUT2D eigenvalue weighted by molar-refractivity contribution is 0.0425. The monoisotopic (exact) mass is 275 g/mol. The Morgan fingerprint density at radius 3 is 2.50 bits per heavy atom. The Hall–Kier alpha value is -1.91. The molecule has 2 N–H and O–H groups in total. The standard InChI is InChI=1S/C16H18FNO2/c1-19-15-9-5-3-7-13(15)16(10-18)20-11-12-6-2-4-8-14(12)17/h2-9,16H,10-11,18H2,1H3. The van der Waals surface area contributed by atoms with Crippen LogP contribution in [0.5, 0.6) is 5.75 Å². The van der Waals surface area contributed by atoms with Gasteiger partial charge in [-0.05, 0) is 12.1 Å². The average molecular weight is 275 g/mol. The van der Waals surface area contributed by atoms with Crippen LogP contribution in [0.1, 0.15) is 17.2 Å². The van der Waals surface area contributed by atoms with Gasteiger partial charge in [-0.15, -0.1) is 0 Å². The minimum Gasteiger partial charge on any atom is -0.496 e. The van der Waals surface area contributed by atoms with Crippen LogP contribution in [-0.2, 0) is 11.3 Å². The van der Waals surface area contributed by atoms with E-state index in [1.165, 1.54) is 6.07 Å². The van der Waals surface area contributed by atoms with Crippen molar-refractivity contribution in [1.29, 1.82) is 0 Å². The molecule has 3 nitrogen and oxygen atoms in total. The number of ether oxygens (including phenoxy) is 2. The topological polar surface area (TPSA) is 44.5 Å². The highest BCUT2D eigenvalue weighted by molar-refractivity contribution is 5.35. The van der Waals surface area contributed by atoms with Crippen LogP contribution >= 0.6 is 0 Å². The van der Waals surface area contributed by atoms with E-state index in [1.807, 2.05) is 24.3 Å². The van der Waals surface area contributed by atoms with Gasteiger partial charge in [-0.1, -0.05) is 36.4 Å². The second-order valence-corrected chi connectivity index (χ2v) is 4.37. The highest BCUT2D eigenvalue weighted by Crippen LogP contribution is 2.27. The fraction of sp³-hybridized carbons (Fsp3) is 0.250. The van der Waals surface area contributed by atoms with Crippen molar-refractivity contribution in [3.63, 3.8) is 0 Å². The van der Waals surface area contributed by atoms with Gasteiger partial charge in [0.05, 0.1) is 19.8 Å². The summed E-state index contributed by atoms with van der Waals surface area (Å²) < 4.78 is 24.6. The Bertz CT molecular complexity index is 560. The average Bonchev–Trinajstić information content (AvgIpc) is 2.50. The van der Waals surface area contributed by atoms with Crippen LogP contribution < -0.4 is 10.5 Å². The van der Waals surface area contributed by atoms with Gasteiger partial charge in [0.15, 0.2) is 0 Å². The van der Waals surface area contributed by atoms with Gasteiger partial charge in [-0.2, -0.15) is 0 Å². The van der Waals surface area contributed by atoms with E-state index in [2.05, 4.69) is 0 Å². The summed E-state index contributed by atoms with van der Waals surface area (Å²) in [5, 5.41) is 0. The first-order valence-corrected chi connectivity index (χ1v) is 6.44. The smallest absolute Gasteiger partial charge is 0.128 e. The molecule has 0 aromatic heterocycles. The maximum Gasteiger partial charge on any atom is 0.128 e. The molecule has 20 heavy (non-hydrogen) atoms. The van der Waals surface area contributed by atoms with Crippen molar-refractivity contribution in [3.05, 3.63) is 65.5 Å². The lowest BCUT2D eigenvalue weighted by Gasteiger charge is -2.19. The van der Waals surface area contributed by atoms with Crippen LogP contribution in [0.25, 0.3) is 0 Å². The van der Waals surface area contributed by atoms with Crippen LogP contribution in [0.3, 0.4) is 0 Å². The number of halogens is 1. The van der Waals surface area contributed by atoms with Crippen molar-refractivity contribution in [2.24, 2.45) is 5.73 Å². The summed E-state index contributed by atoms with van der Waals surface area (Å²) >= 11 is 0. The molecule has 0 radical (unpaired) electrons. The van der Waals surface area contributed by atoms with Gasteiger partial charge in [0.2, 0.25) is 0 Å². The van der Waals surface area contributed by atoms with Gasteiger partial charge in [0, 0.05) is 17.7 Å². The van der Waals surface area contributed by atoms with Gasteiger partial charge < -0.3 is 15.2 Å². The molecule has 0 aliphatic carbocycles. The van der Waals surface area contributed by atoms with E-state index in [4.69, 9.17) is 15.2 Å². The molecule has 0 bridgehead atoms. The number of methoxy groups -OCH3 is 1. The van der Waals surface area contributed by atoms with E-state index < -0.39 is 0 Å². The zero-order valence-corrected chi connectivity index (χ0v) is 11.4. The van der Waals surface area contributed by atoms with Crippen LogP contribution in [-0.4, -0.2) is 13.7 Å². The molecule has 1 atom stereocenters. The van der Waals surface area contributed by atoms with Crippen molar-refractivity contribution in [3.8, 4) is 5.75 Å². The third-order valence-electron chi connectivity index (χ3n) is 3.10. The van der Waals surface area contributed by atoms with Crippen LogP contribution in [0, 0.1) is 5.82 Å². The second-order valence-electron chi connectivity index (χ2n) is 4.37. The molecule has 1 unspecified atom stereocenters. The number of nitrogens with two attached hydrogens (primary N) is 1. The van der Waals surface area contributed by atoms with Crippen molar-refractivity contribution in [2.75, 3.05) is 13.7 Å². The fourth-order valence-corrected chi connectivity index (χ4v) is 2.02. The van der Waals surface area contributed by atoms with Gasteiger partial charge in [0.1, 0.15) is 11.6 Å². The molecule has 0 fully saturated rings. The van der Waals surface area contributed by atoms with Crippen LogP contribution in [0.15, 0.2) is 48.5 Å². The molecule has 106 valence electrons. The molecule has 2 aromatic carbocycles. The molecule has 0 aliphatic rings. The summed E-state index contributed by atoms with van der Waals surface area (Å²) in [6.07, 6.45) is -0.328. The highest BCUT2D eigenvalue weighted by Gasteiger charge is 2.15. The Morgan fingerprint density at radius 1 is 1.10 bits per heavy atom. The summed E-state index contributed by atoms with van der Waals surface area (Å²) in [5.74, 6) is 0.444. The fourth-order valence-electron chi connectivity index (χ4n) is 2.02. The molecule has 2 rings (SSSR count). The quantitative estimate of drug-likeness (QED) is 0.881. The molecule has 4 heteroatoms. The number of benzene rings is 2. The van der Waals surface area contributed by atoms with E-state index in [1.54, 1.807) is 25.3 Å². The van der Waals surface area contributed by atoms with Crippen LogP contribution in [0.4, 0.5) is 4.39 Å². The summed E-state index contributed by atoms with van der Waals surface area (Å²) in [6, 6.07) is 14.1. The van der Waals surface area contributed by atoms with E-state index >= 15 is 0 Å². The molecule has 0 saturated heterocycles. The van der Waals surface area contributed by atoms with Gasteiger partial charge in [-0.3, -0.25) is 0 Å². The largest absolute Gasteiger partial charge is 0.496 e. The molecule has 0 saturated carbocycles. The Kier molecular flexibility index (Phi) is 5.09. The molecular weight excluding hydrogens is 257 g/mol. The molecule has 0 aliphatic heterocycles. The molecule has 0 heterocycles. The van der Waals surface area contributed by atoms with Crippen molar-refractivity contribution < 1.29 is 13.9 Å². The van der Waals surface area contributed by atoms with Crippen molar-refractivity contribution >= 4 is 0 Å². The first-order valence-electron chi connectivity index (χ1n) is 6.44. The first kappa shape index (κ1) is 14.5. The van der Waals surface area contributed by atoms with Gasteiger partial charge >= 0.3 is 0 Å². The Balaban J connectivity index is 2.11. The third kappa shape index (κ3) is 3.35. The van der Waals surface area contributed by atoms with E-state index in [9.17, 15) is 4.39 Å². The Morgan fingerprint density at radius 2 is 1.80 bits per heavy atom. The number of hydrogen-bond acceptors (Lipinski definition) is 3. The zero-order chi connectivity index (χ0) is 14.4. The van der Waals surface area contributed by atoms with E-state index in [0.29, 0.717) is 12.1 Å². The normalized spacial score (nSPS) is 12.2. The van der Waals surface area contributed by atoms with E-state index in [-0.39, 0.29) is 18.5 Å². The SMILES string of the molecule is COc1ccccc1C(CN)OCc1ccccc1F. The predicted octanol–water partition coefficient (Wildman–Crippen LogP) is 3.05. The molecule has 0 amide bonds. The van der Waals surface area contributed by atoms with Crippen LogP contribution in [0.2, 0.25) is 0 Å². The zero-order valence-electron chi connectivity index (χ0n) is 11.4. The van der Waals surface area contributed by atoms with Gasteiger partial charge in [0.25, 0.3) is 0 Å². The number of para-hydroxylation sites is 1. The summed E-state index contributed by atoms with van der Waals surface area (Å²) in [5.41, 5.74) is 7.14. The third-order valence-corrected chi connectivity index (χ3v) is 3.10. The summed E-state index contributed by atoms with van der Waals surface area (Å²) in [6.45, 7) is 0.474. The maximum absolute atomic E-state index is 13.6. The minimum atomic E-state index is -0.328. The van der Waals surface area contributed by atoms with Crippen molar-refractivity contribution in [2.45, 2.75) is 12.7 Å². The van der Waals surface area contributed by atoms with Crippen molar-refractivity contribution in [1.82, 2.24) is 0 Å². The maximum atomic E-state index is 13.6.